The molecule has 0 amide bonds. The van der Waals surface area contributed by atoms with E-state index in [1.54, 1.807) is 0 Å². The first-order chi connectivity index (χ1) is 10.2. The van der Waals surface area contributed by atoms with E-state index in [1.807, 2.05) is 13.2 Å². The number of rotatable bonds is 7. The molecule has 21 heavy (non-hydrogen) atoms. The molecule has 0 aromatic carbocycles. The first-order valence-corrected chi connectivity index (χ1v) is 8.49. The third-order valence-corrected chi connectivity index (χ3v) is 4.72. The molecule has 0 spiro atoms. The van der Waals surface area contributed by atoms with Crippen molar-refractivity contribution in [1.29, 1.82) is 0 Å². The summed E-state index contributed by atoms with van der Waals surface area (Å²) in [6.07, 6.45) is 7.85. The number of aryl methyl sites for hydroxylation is 1. The Balaban J connectivity index is 2.32. The molecule has 1 aromatic rings. The second-order valence-electron chi connectivity index (χ2n) is 6.40. The van der Waals surface area contributed by atoms with Crippen LogP contribution < -0.4 is 5.32 Å². The molecule has 1 fully saturated rings. The van der Waals surface area contributed by atoms with Crippen molar-refractivity contribution >= 4 is 0 Å². The fourth-order valence-electron chi connectivity index (χ4n) is 3.98. The molecule has 3 unspecified atom stereocenters. The van der Waals surface area contributed by atoms with Gasteiger partial charge in [0.1, 0.15) is 0 Å². The van der Waals surface area contributed by atoms with Crippen molar-refractivity contribution in [2.75, 3.05) is 13.7 Å². The van der Waals surface area contributed by atoms with Crippen molar-refractivity contribution in [2.24, 2.45) is 5.92 Å². The number of likely N-dealkylation sites (N-methyl/N-ethyl adjacent to an activating group) is 1. The molecule has 2 rings (SSSR count). The Bertz CT molecular complexity index is 427. The van der Waals surface area contributed by atoms with Crippen LogP contribution in [0.15, 0.2) is 12.3 Å². The van der Waals surface area contributed by atoms with Gasteiger partial charge in [0.25, 0.3) is 0 Å². The molecule has 0 bridgehead atoms. The van der Waals surface area contributed by atoms with Crippen molar-refractivity contribution in [3.8, 4) is 0 Å². The minimum absolute atomic E-state index is 0.0906. The maximum Gasteiger partial charge on any atom is 0.0893 e. The fourth-order valence-corrected chi connectivity index (χ4v) is 3.98. The minimum Gasteiger partial charge on any atom is -0.373 e. The highest BCUT2D eigenvalue weighted by atomic mass is 16.5. The molecule has 1 aliphatic carbocycles. The summed E-state index contributed by atoms with van der Waals surface area (Å²) >= 11 is 0. The van der Waals surface area contributed by atoms with Crippen LogP contribution >= 0.6 is 0 Å². The molecule has 0 saturated heterocycles. The van der Waals surface area contributed by atoms with Gasteiger partial charge >= 0.3 is 0 Å². The van der Waals surface area contributed by atoms with Crippen molar-refractivity contribution in [1.82, 2.24) is 15.1 Å². The molecule has 1 heterocycles. The van der Waals surface area contributed by atoms with Gasteiger partial charge in [-0.2, -0.15) is 5.10 Å². The summed E-state index contributed by atoms with van der Waals surface area (Å²) in [4.78, 5) is 0. The van der Waals surface area contributed by atoms with Crippen LogP contribution in [0.5, 0.6) is 0 Å². The number of ether oxygens (including phenoxy) is 1. The summed E-state index contributed by atoms with van der Waals surface area (Å²) in [6.45, 7) is 8.39. The second-order valence-corrected chi connectivity index (χ2v) is 6.40. The number of nitrogens with one attached hydrogen (secondary N) is 1. The zero-order valence-corrected chi connectivity index (χ0v) is 14.1. The standard InChI is InChI=1S/C17H31N3O/c1-5-12-20-15(9-11-19-20)16(18-4)17(21-6-2)10-7-8-14(3)13-17/h9,11,14,16,18H,5-8,10,12-13H2,1-4H3. The summed E-state index contributed by atoms with van der Waals surface area (Å²) in [5, 5.41) is 8.03. The largest absolute Gasteiger partial charge is 0.373 e. The maximum atomic E-state index is 6.35. The van der Waals surface area contributed by atoms with Gasteiger partial charge in [-0.15, -0.1) is 0 Å². The van der Waals surface area contributed by atoms with Crippen molar-refractivity contribution in [2.45, 2.75) is 71.1 Å². The SMILES string of the molecule is CCCn1nccc1C(NC)C1(OCC)CCCC(C)C1. The molecule has 1 N–H and O–H groups in total. The van der Waals surface area contributed by atoms with E-state index in [0.717, 1.165) is 38.3 Å². The van der Waals surface area contributed by atoms with E-state index in [1.165, 1.54) is 18.5 Å². The van der Waals surface area contributed by atoms with E-state index in [4.69, 9.17) is 4.74 Å². The zero-order valence-electron chi connectivity index (χ0n) is 14.1. The molecule has 1 saturated carbocycles. The lowest BCUT2D eigenvalue weighted by Gasteiger charge is -2.45. The van der Waals surface area contributed by atoms with E-state index < -0.39 is 0 Å². The average molecular weight is 293 g/mol. The molecule has 4 heteroatoms. The minimum atomic E-state index is -0.0906. The normalized spacial score (nSPS) is 27.7. The van der Waals surface area contributed by atoms with Crippen LogP contribution in [-0.4, -0.2) is 29.0 Å². The second kappa shape index (κ2) is 7.41. The highest BCUT2D eigenvalue weighted by molar-refractivity contribution is 5.14. The summed E-state index contributed by atoms with van der Waals surface area (Å²) < 4.78 is 8.49. The summed E-state index contributed by atoms with van der Waals surface area (Å²) in [5.74, 6) is 0.726. The van der Waals surface area contributed by atoms with Crippen molar-refractivity contribution in [3.05, 3.63) is 18.0 Å². The first-order valence-electron chi connectivity index (χ1n) is 8.49. The lowest BCUT2D eigenvalue weighted by Crippen LogP contribution is -2.49. The van der Waals surface area contributed by atoms with Crippen molar-refractivity contribution < 1.29 is 4.74 Å². The van der Waals surface area contributed by atoms with Gasteiger partial charge in [0.05, 0.1) is 17.3 Å². The van der Waals surface area contributed by atoms with Crippen LogP contribution in [0, 0.1) is 5.92 Å². The Labute approximate surface area is 129 Å². The van der Waals surface area contributed by atoms with Gasteiger partial charge in [-0.25, -0.2) is 0 Å². The Morgan fingerprint density at radius 1 is 1.52 bits per heavy atom. The molecule has 120 valence electrons. The highest BCUT2D eigenvalue weighted by Gasteiger charge is 2.44. The van der Waals surface area contributed by atoms with Crippen LogP contribution in [0.3, 0.4) is 0 Å². The third kappa shape index (κ3) is 3.49. The van der Waals surface area contributed by atoms with Crippen molar-refractivity contribution in [3.63, 3.8) is 0 Å². The Morgan fingerprint density at radius 3 is 2.95 bits per heavy atom. The average Bonchev–Trinajstić information content (AvgIpc) is 2.88. The molecule has 0 radical (unpaired) electrons. The van der Waals surface area contributed by atoms with Gasteiger partial charge in [-0.3, -0.25) is 4.68 Å². The Hall–Kier alpha value is -0.870. The number of hydrogen-bond donors (Lipinski definition) is 1. The molecule has 3 atom stereocenters. The van der Waals surface area contributed by atoms with Crippen LogP contribution in [-0.2, 0) is 11.3 Å². The number of aromatic nitrogens is 2. The van der Waals surface area contributed by atoms with Crippen LogP contribution in [0.2, 0.25) is 0 Å². The fraction of sp³-hybridized carbons (Fsp3) is 0.824. The number of hydrogen-bond acceptors (Lipinski definition) is 3. The van der Waals surface area contributed by atoms with Gasteiger partial charge in [0, 0.05) is 19.3 Å². The van der Waals surface area contributed by atoms with Crippen LogP contribution in [0.4, 0.5) is 0 Å². The third-order valence-electron chi connectivity index (χ3n) is 4.72. The maximum absolute atomic E-state index is 6.35. The quantitative estimate of drug-likeness (QED) is 0.836. The summed E-state index contributed by atoms with van der Waals surface area (Å²) in [6, 6.07) is 2.37. The van der Waals surface area contributed by atoms with Gasteiger partial charge in [-0.1, -0.05) is 26.7 Å². The van der Waals surface area contributed by atoms with Crippen LogP contribution in [0.25, 0.3) is 0 Å². The van der Waals surface area contributed by atoms with E-state index in [9.17, 15) is 0 Å². The van der Waals surface area contributed by atoms with E-state index >= 15 is 0 Å². The van der Waals surface area contributed by atoms with E-state index in [-0.39, 0.29) is 11.6 Å². The zero-order chi connectivity index (χ0) is 15.3. The molecular formula is C17H31N3O. The number of nitrogens with zero attached hydrogens (tertiary/aromatic N) is 2. The van der Waals surface area contributed by atoms with Gasteiger partial charge < -0.3 is 10.1 Å². The predicted octanol–water partition coefficient (Wildman–Crippen LogP) is 3.54. The predicted molar refractivity (Wildman–Crippen MR) is 86.3 cm³/mol. The van der Waals surface area contributed by atoms with E-state index in [2.05, 4.69) is 41.9 Å². The summed E-state index contributed by atoms with van der Waals surface area (Å²) in [7, 11) is 2.05. The van der Waals surface area contributed by atoms with Gasteiger partial charge in [-0.05, 0) is 45.2 Å². The van der Waals surface area contributed by atoms with Gasteiger partial charge in [0.2, 0.25) is 0 Å². The lowest BCUT2D eigenvalue weighted by molar-refractivity contribution is -0.102. The molecule has 4 nitrogen and oxygen atoms in total. The summed E-state index contributed by atoms with van der Waals surface area (Å²) in [5.41, 5.74) is 1.18. The first kappa shape index (κ1) is 16.5. The van der Waals surface area contributed by atoms with Gasteiger partial charge in [0.15, 0.2) is 0 Å². The molecule has 1 aliphatic rings. The molecular weight excluding hydrogens is 262 g/mol. The van der Waals surface area contributed by atoms with E-state index in [0.29, 0.717) is 0 Å². The Kier molecular flexibility index (Phi) is 5.82. The topological polar surface area (TPSA) is 39.1 Å². The lowest BCUT2D eigenvalue weighted by atomic mass is 9.73. The molecule has 1 aromatic heterocycles. The smallest absolute Gasteiger partial charge is 0.0893 e. The monoisotopic (exact) mass is 293 g/mol. The Morgan fingerprint density at radius 2 is 2.33 bits per heavy atom. The van der Waals surface area contributed by atoms with Crippen LogP contribution in [0.1, 0.15) is 64.6 Å². The highest BCUT2D eigenvalue weighted by Crippen LogP contribution is 2.43. The molecule has 0 aliphatic heterocycles.